The van der Waals surface area contributed by atoms with Crippen molar-refractivity contribution in [2.24, 2.45) is 7.05 Å². The van der Waals surface area contributed by atoms with Gasteiger partial charge in [0.05, 0.1) is 30.2 Å². The normalized spacial score (nSPS) is 11.9. The zero-order valence-corrected chi connectivity index (χ0v) is 15.6. The van der Waals surface area contributed by atoms with Gasteiger partial charge < -0.3 is 19.4 Å². The number of thioether (sulfide) groups is 1. The summed E-state index contributed by atoms with van der Waals surface area (Å²) in [5.74, 6) is 0.840. The fraction of sp³-hybridized carbons (Fsp3) is 0.375. The number of imidazole rings is 1. The average molecular weight is 370 g/mol. The van der Waals surface area contributed by atoms with Gasteiger partial charge in [-0.1, -0.05) is 30.3 Å². The van der Waals surface area contributed by atoms with Crippen molar-refractivity contribution in [1.29, 1.82) is 0 Å². The van der Waals surface area contributed by atoms with Crippen molar-refractivity contribution in [3.63, 3.8) is 0 Å². The van der Waals surface area contributed by atoms with Crippen LogP contribution in [-0.2, 0) is 11.8 Å². The maximum absolute atomic E-state index is 12.6. The predicted molar refractivity (Wildman–Crippen MR) is 96.3 cm³/mol. The number of aryl methyl sites for hydroxylation is 1. The Kier molecular flexibility index (Phi) is 6.39. The lowest BCUT2D eigenvalue weighted by Crippen LogP contribution is -2.25. The molecule has 130 valence electrons. The second-order valence-corrected chi connectivity index (χ2v) is 6.59. The van der Waals surface area contributed by atoms with Gasteiger partial charge in [-0.3, -0.25) is 4.79 Å². The smallest absolute Gasteiger partial charge is 0.238 e. The van der Waals surface area contributed by atoms with Crippen LogP contribution in [0, 0.1) is 0 Å². The number of halogens is 1. The first-order chi connectivity index (χ1) is 11.5. The summed E-state index contributed by atoms with van der Waals surface area (Å²) >= 11 is 7.56. The van der Waals surface area contributed by atoms with E-state index in [1.54, 1.807) is 18.3 Å². The number of methoxy groups -OCH3 is 2. The van der Waals surface area contributed by atoms with Gasteiger partial charge in [-0.25, -0.2) is 4.98 Å². The highest BCUT2D eigenvalue weighted by Crippen LogP contribution is 2.36. The summed E-state index contributed by atoms with van der Waals surface area (Å²) < 4.78 is 12.3. The molecule has 1 amide bonds. The Hall–Kier alpha value is -1.86. The second kappa shape index (κ2) is 8.30. The minimum atomic E-state index is -0.281. The molecule has 6 nitrogen and oxygen atoms in total. The van der Waals surface area contributed by atoms with E-state index in [2.05, 4.69) is 10.3 Å². The highest BCUT2D eigenvalue weighted by Gasteiger charge is 2.22. The molecule has 0 radical (unpaired) electrons. The van der Waals surface area contributed by atoms with Gasteiger partial charge in [0.25, 0.3) is 0 Å². The van der Waals surface area contributed by atoms with Crippen LogP contribution in [0.25, 0.3) is 0 Å². The van der Waals surface area contributed by atoms with Gasteiger partial charge in [-0.2, -0.15) is 0 Å². The van der Waals surface area contributed by atoms with Gasteiger partial charge in [-0.15, -0.1) is 0 Å². The van der Waals surface area contributed by atoms with Crippen molar-refractivity contribution in [1.82, 2.24) is 9.55 Å². The Morgan fingerprint density at radius 2 is 2.08 bits per heavy atom. The van der Waals surface area contributed by atoms with Crippen molar-refractivity contribution in [3.8, 4) is 11.5 Å². The number of ether oxygens (including phenoxy) is 2. The quantitative estimate of drug-likeness (QED) is 0.755. The number of anilines is 1. The van der Waals surface area contributed by atoms with Gasteiger partial charge in [0, 0.05) is 25.5 Å². The molecular formula is C16H20ClN3O3S. The Labute approximate surface area is 150 Å². The lowest BCUT2D eigenvalue weighted by molar-refractivity contribution is -0.115. The topological polar surface area (TPSA) is 65.4 Å². The van der Waals surface area contributed by atoms with Crippen LogP contribution in [0.4, 0.5) is 5.69 Å². The van der Waals surface area contributed by atoms with E-state index in [-0.39, 0.29) is 11.2 Å². The van der Waals surface area contributed by atoms with Gasteiger partial charge in [0.2, 0.25) is 5.91 Å². The number of aromatic nitrogens is 2. The summed E-state index contributed by atoms with van der Waals surface area (Å²) in [5, 5.41) is 3.78. The average Bonchev–Trinajstić information content (AvgIpc) is 2.97. The minimum Gasteiger partial charge on any atom is -0.495 e. The Balaban J connectivity index is 2.18. The Bertz CT molecular complexity index is 721. The van der Waals surface area contributed by atoms with E-state index in [1.807, 2.05) is 24.7 Å². The van der Waals surface area contributed by atoms with Crippen LogP contribution in [0.5, 0.6) is 11.5 Å². The van der Waals surface area contributed by atoms with E-state index in [9.17, 15) is 4.79 Å². The first-order valence-electron chi connectivity index (χ1n) is 7.36. The molecule has 0 spiro atoms. The zero-order chi connectivity index (χ0) is 17.7. The lowest BCUT2D eigenvalue weighted by atomic mass is 10.2. The third-order valence-electron chi connectivity index (χ3n) is 3.42. The molecule has 0 fully saturated rings. The fourth-order valence-electron chi connectivity index (χ4n) is 2.09. The number of carbonyl (C=O) groups is 1. The molecule has 2 aromatic rings. The van der Waals surface area contributed by atoms with Crippen LogP contribution in [-0.4, -0.2) is 34.9 Å². The maximum Gasteiger partial charge on any atom is 0.238 e. The van der Waals surface area contributed by atoms with Gasteiger partial charge in [-0.05, 0) is 12.5 Å². The van der Waals surface area contributed by atoms with Gasteiger partial charge >= 0.3 is 0 Å². The largest absolute Gasteiger partial charge is 0.495 e. The van der Waals surface area contributed by atoms with Crippen LogP contribution >= 0.6 is 23.4 Å². The number of nitrogens with one attached hydrogen (secondary N) is 1. The molecule has 8 heteroatoms. The predicted octanol–water partition coefficient (Wildman–Crippen LogP) is 3.60. The fourth-order valence-corrected chi connectivity index (χ4v) is 3.26. The second-order valence-electron chi connectivity index (χ2n) is 5.01. The molecule has 24 heavy (non-hydrogen) atoms. The van der Waals surface area contributed by atoms with Crippen LogP contribution in [0.1, 0.15) is 13.3 Å². The van der Waals surface area contributed by atoms with Crippen LogP contribution in [0.15, 0.2) is 29.7 Å². The van der Waals surface area contributed by atoms with Crippen LogP contribution in [0.2, 0.25) is 5.02 Å². The highest BCUT2D eigenvalue weighted by molar-refractivity contribution is 8.00. The van der Waals surface area contributed by atoms with Crippen molar-refractivity contribution in [3.05, 3.63) is 29.5 Å². The molecule has 1 aromatic carbocycles. The molecule has 0 saturated heterocycles. The monoisotopic (exact) mass is 369 g/mol. The third-order valence-corrected chi connectivity index (χ3v) is 5.15. The van der Waals surface area contributed by atoms with Gasteiger partial charge in [0.1, 0.15) is 11.5 Å². The number of rotatable bonds is 7. The summed E-state index contributed by atoms with van der Waals surface area (Å²) in [6.07, 6.45) is 4.22. The van der Waals surface area contributed by atoms with Crippen molar-refractivity contribution in [2.75, 3.05) is 19.5 Å². The van der Waals surface area contributed by atoms with E-state index in [4.69, 9.17) is 21.1 Å². The van der Waals surface area contributed by atoms with Crippen molar-refractivity contribution >= 4 is 35.0 Å². The first kappa shape index (κ1) is 18.5. The summed E-state index contributed by atoms with van der Waals surface area (Å²) in [6, 6.07) is 3.26. The molecule has 1 heterocycles. The molecule has 1 unspecified atom stereocenters. The standard InChI is InChI=1S/C16H20ClN3O3S/c1-5-14(24-16-18-6-7-20(16)2)15(21)19-11-8-10(17)12(22-3)9-13(11)23-4/h6-9,14H,5H2,1-4H3,(H,19,21). The molecule has 1 aromatic heterocycles. The summed E-state index contributed by atoms with van der Waals surface area (Å²) in [4.78, 5) is 16.9. The van der Waals surface area contributed by atoms with E-state index in [1.165, 1.54) is 26.0 Å². The molecule has 0 saturated carbocycles. The summed E-state index contributed by atoms with van der Waals surface area (Å²) in [7, 11) is 4.94. The Morgan fingerprint density at radius 3 is 2.62 bits per heavy atom. The molecular weight excluding hydrogens is 350 g/mol. The molecule has 2 rings (SSSR count). The van der Waals surface area contributed by atoms with E-state index >= 15 is 0 Å². The highest BCUT2D eigenvalue weighted by atomic mass is 35.5. The first-order valence-corrected chi connectivity index (χ1v) is 8.62. The van der Waals surface area contributed by atoms with Gasteiger partial charge in [0.15, 0.2) is 5.16 Å². The number of amides is 1. The Morgan fingerprint density at radius 1 is 1.38 bits per heavy atom. The number of carbonyl (C=O) groups excluding carboxylic acids is 1. The lowest BCUT2D eigenvalue weighted by Gasteiger charge is -2.17. The number of nitrogens with zero attached hydrogens (tertiary/aromatic N) is 2. The molecule has 1 atom stereocenters. The molecule has 0 aliphatic carbocycles. The van der Waals surface area contributed by atoms with E-state index < -0.39 is 0 Å². The van der Waals surface area contributed by atoms with Crippen LogP contribution < -0.4 is 14.8 Å². The van der Waals surface area contributed by atoms with E-state index in [0.29, 0.717) is 28.6 Å². The number of hydrogen-bond acceptors (Lipinski definition) is 5. The van der Waals surface area contributed by atoms with Crippen molar-refractivity contribution in [2.45, 2.75) is 23.8 Å². The number of hydrogen-bond donors (Lipinski definition) is 1. The maximum atomic E-state index is 12.6. The molecule has 0 aliphatic heterocycles. The molecule has 0 bridgehead atoms. The van der Waals surface area contributed by atoms with E-state index in [0.717, 1.165) is 5.16 Å². The molecule has 0 aliphatic rings. The SMILES string of the molecule is CCC(Sc1nccn1C)C(=O)Nc1cc(Cl)c(OC)cc1OC. The summed E-state index contributed by atoms with van der Waals surface area (Å²) in [6.45, 7) is 1.96. The third kappa shape index (κ3) is 4.15. The zero-order valence-electron chi connectivity index (χ0n) is 14.0. The summed E-state index contributed by atoms with van der Waals surface area (Å²) in [5.41, 5.74) is 0.507. The molecule has 1 N–H and O–H groups in total. The minimum absolute atomic E-state index is 0.134. The number of benzene rings is 1. The van der Waals surface area contributed by atoms with Crippen molar-refractivity contribution < 1.29 is 14.3 Å². The van der Waals surface area contributed by atoms with Crippen LogP contribution in [0.3, 0.4) is 0 Å².